The van der Waals surface area contributed by atoms with Gasteiger partial charge in [0, 0.05) is 32.1 Å². The lowest BCUT2D eigenvalue weighted by Crippen LogP contribution is -2.47. The molecular formula is C31H36O7. The summed E-state index contributed by atoms with van der Waals surface area (Å²) in [6, 6.07) is 16.5. The van der Waals surface area contributed by atoms with E-state index in [2.05, 4.69) is 31.2 Å². The fourth-order valence-corrected chi connectivity index (χ4v) is 7.40. The van der Waals surface area contributed by atoms with Crippen molar-refractivity contribution >= 4 is 17.9 Å². The van der Waals surface area contributed by atoms with Crippen molar-refractivity contribution in [2.75, 3.05) is 0 Å². The molecule has 3 aliphatic carbocycles. The maximum Gasteiger partial charge on any atom is 0.303 e. The van der Waals surface area contributed by atoms with E-state index in [1.54, 1.807) is 0 Å². The second-order valence-electron chi connectivity index (χ2n) is 11.2. The van der Waals surface area contributed by atoms with Gasteiger partial charge in [-0.2, -0.15) is 0 Å². The zero-order valence-corrected chi connectivity index (χ0v) is 22.5. The molecule has 0 bridgehead atoms. The summed E-state index contributed by atoms with van der Waals surface area (Å²) in [5.74, 6) is -0.144. The SMILES string of the molecule is CC(=O)O[C@@H]1[C@H](OC(C)=O)C2C3CCc4cc(OCc5ccccc5)ccc4C3CC[C@]2(C)[C@H]1OC(C)=O. The number of carbonyl (C=O) groups is 3. The predicted molar refractivity (Wildman–Crippen MR) is 139 cm³/mol. The fraction of sp³-hybridized carbons (Fsp3) is 0.516. The van der Waals surface area contributed by atoms with Gasteiger partial charge in [-0.15, -0.1) is 0 Å². The maximum atomic E-state index is 12.2. The number of benzene rings is 2. The van der Waals surface area contributed by atoms with Gasteiger partial charge in [-0.1, -0.05) is 43.3 Å². The van der Waals surface area contributed by atoms with Gasteiger partial charge >= 0.3 is 17.9 Å². The van der Waals surface area contributed by atoms with Crippen molar-refractivity contribution in [3.8, 4) is 5.75 Å². The molecule has 38 heavy (non-hydrogen) atoms. The van der Waals surface area contributed by atoms with E-state index in [1.807, 2.05) is 24.3 Å². The molecule has 2 fully saturated rings. The molecule has 0 spiro atoms. The molecule has 7 atom stereocenters. The van der Waals surface area contributed by atoms with Crippen LogP contribution in [0.15, 0.2) is 48.5 Å². The van der Waals surface area contributed by atoms with Crippen molar-refractivity contribution in [3.05, 3.63) is 65.2 Å². The summed E-state index contributed by atoms with van der Waals surface area (Å²) in [7, 11) is 0. The third-order valence-corrected chi connectivity index (χ3v) is 8.77. The van der Waals surface area contributed by atoms with Crippen LogP contribution in [0.5, 0.6) is 5.75 Å². The van der Waals surface area contributed by atoms with Crippen LogP contribution < -0.4 is 4.74 Å². The first-order valence-electron chi connectivity index (χ1n) is 13.5. The molecule has 3 unspecified atom stereocenters. The van der Waals surface area contributed by atoms with Crippen molar-refractivity contribution < 1.29 is 33.3 Å². The molecule has 7 heteroatoms. The molecule has 2 aromatic carbocycles. The molecule has 3 aliphatic rings. The number of ether oxygens (including phenoxy) is 4. The van der Waals surface area contributed by atoms with Gasteiger partial charge in [-0.25, -0.2) is 0 Å². The first-order chi connectivity index (χ1) is 18.2. The van der Waals surface area contributed by atoms with Gasteiger partial charge < -0.3 is 18.9 Å². The van der Waals surface area contributed by atoms with Crippen LogP contribution in [0.25, 0.3) is 0 Å². The maximum absolute atomic E-state index is 12.2. The highest BCUT2D eigenvalue weighted by Gasteiger charge is 2.67. The van der Waals surface area contributed by atoms with Crippen LogP contribution in [-0.4, -0.2) is 36.2 Å². The zero-order valence-electron chi connectivity index (χ0n) is 22.5. The molecule has 0 amide bonds. The molecule has 0 aliphatic heterocycles. The topological polar surface area (TPSA) is 88.1 Å². The minimum atomic E-state index is -0.829. The van der Waals surface area contributed by atoms with Crippen LogP contribution in [0.3, 0.4) is 0 Å². The second kappa shape index (κ2) is 10.4. The van der Waals surface area contributed by atoms with E-state index in [-0.39, 0.29) is 17.8 Å². The number of fused-ring (bicyclic) bond motifs is 5. The summed E-state index contributed by atoms with van der Waals surface area (Å²) in [5.41, 5.74) is 3.23. The number of rotatable bonds is 6. The molecule has 7 nitrogen and oxygen atoms in total. The lowest BCUT2D eigenvalue weighted by atomic mass is 9.55. The first kappa shape index (κ1) is 26.3. The number of hydrogen-bond donors (Lipinski definition) is 0. The molecule has 5 rings (SSSR count). The van der Waals surface area contributed by atoms with Gasteiger partial charge in [0.25, 0.3) is 0 Å². The predicted octanol–water partition coefficient (Wildman–Crippen LogP) is 5.14. The largest absolute Gasteiger partial charge is 0.489 e. The molecule has 202 valence electrons. The van der Waals surface area contributed by atoms with Crippen LogP contribution in [0.4, 0.5) is 0 Å². The molecule has 0 saturated heterocycles. The third kappa shape index (κ3) is 4.91. The highest BCUT2D eigenvalue weighted by Crippen LogP contribution is 2.62. The van der Waals surface area contributed by atoms with Gasteiger partial charge in [0.05, 0.1) is 0 Å². The van der Waals surface area contributed by atoms with Crippen molar-refractivity contribution in [1.82, 2.24) is 0 Å². The van der Waals surface area contributed by atoms with Crippen LogP contribution in [-0.2, 0) is 41.6 Å². The van der Waals surface area contributed by atoms with Gasteiger partial charge in [0.1, 0.15) is 24.6 Å². The van der Waals surface area contributed by atoms with E-state index in [0.717, 1.165) is 37.0 Å². The molecule has 2 aromatic rings. The summed E-state index contributed by atoms with van der Waals surface area (Å²) in [6.07, 6.45) is 1.27. The van der Waals surface area contributed by atoms with Gasteiger partial charge in [0.2, 0.25) is 0 Å². The number of hydrogen-bond acceptors (Lipinski definition) is 7. The summed E-state index contributed by atoms with van der Waals surface area (Å²) in [5, 5.41) is 0. The van der Waals surface area contributed by atoms with Gasteiger partial charge in [-0.3, -0.25) is 14.4 Å². The Kier molecular flexibility index (Phi) is 7.21. The molecule has 0 aromatic heterocycles. The standard InChI is InChI=1S/C31H36O7/c1-18(32)36-28-27-26-12-10-22-16-23(35-17-21-8-6-5-7-9-21)11-13-24(22)25(26)14-15-31(27,4)30(38-20(3)34)29(28)37-19(2)33/h5-9,11,13,16,25-30H,10,12,14-15,17H2,1-4H3/t25?,26?,27?,28-,29-,30+,31+/m1/s1. The molecule has 2 saturated carbocycles. The van der Waals surface area contributed by atoms with E-state index in [9.17, 15) is 14.4 Å². The Bertz CT molecular complexity index is 1210. The zero-order chi connectivity index (χ0) is 27.0. The Morgan fingerprint density at radius 1 is 0.868 bits per heavy atom. The number of aryl methyl sites for hydroxylation is 1. The fourth-order valence-electron chi connectivity index (χ4n) is 7.40. The Balaban J connectivity index is 1.44. The third-order valence-electron chi connectivity index (χ3n) is 8.77. The number of esters is 3. The number of carbonyl (C=O) groups excluding carboxylic acids is 3. The van der Waals surface area contributed by atoms with Crippen molar-refractivity contribution in [2.24, 2.45) is 17.3 Å². The van der Waals surface area contributed by atoms with E-state index < -0.39 is 41.6 Å². The van der Waals surface area contributed by atoms with Crippen molar-refractivity contribution in [3.63, 3.8) is 0 Å². The average Bonchev–Trinajstić information content (AvgIpc) is 3.09. The van der Waals surface area contributed by atoms with Crippen LogP contribution in [0.1, 0.15) is 69.6 Å². The Labute approximate surface area is 223 Å². The highest BCUT2D eigenvalue weighted by molar-refractivity contribution is 5.69. The van der Waals surface area contributed by atoms with Gasteiger partial charge in [-0.05, 0) is 66.3 Å². The molecule has 0 N–H and O–H groups in total. The summed E-state index contributed by atoms with van der Waals surface area (Å²) < 4.78 is 23.5. The van der Waals surface area contributed by atoms with Crippen LogP contribution in [0.2, 0.25) is 0 Å². The van der Waals surface area contributed by atoms with Gasteiger partial charge in [0.15, 0.2) is 6.10 Å². The summed E-state index contributed by atoms with van der Waals surface area (Å²) >= 11 is 0. The smallest absolute Gasteiger partial charge is 0.303 e. The lowest BCUT2D eigenvalue weighted by molar-refractivity contribution is -0.178. The Morgan fingerprint density at radius 2 is 1.55 bits per heavy atom. The normalized spacial score (nSPS) is 31.3. The first-order valence-corrected chi connectivity index (χ1v) is 13.5. The minimum absolute atomic E-state index is 0.110. The highest BCUT2D eigenvalue weighted by atomic mass is 16.6. The Hall–Kier alpha value is -3.35. The Morgan fingerprint density at radius 3 is 2.24 bits per heavy atom. The summed E-state index contributed by atoms with van der Waals surface area (Å²) in [6.45, 7) is 6.68. The van der Waals surface area contributed by atoms with Crippen LogP contribution >= 0.6 is 0 Å². The van der Waals surface area contributed by atoms with Crippen molar-refractivity contribution in [1.29, 1.82) is 0 Å². The van der Waals surface area contributed by atoms with E-state index in [0.29, 0.717) is 6.61 Å². The molecular weight excluding hydrogens is 484 g/mol. The average molecular weight is 521 g/mol. The second-order valence-corrected chi connectivity index (χ2v) is 11.2. The minimum Gasteiger partial charge on any atom is -0.489 e. The summed E-state index contributed by atoms with van der Waals surface area (Å²) in [4.78, 5) is 36.4. The monoisotopic (exact) mass is 520 g/mol. The molecule has 0 radical (unpaired) electrons. The quantitative estimate of drug-likeness (QED) is 0.385. The van der Waals surface area contributed by atoms with Crippen molar-refractivity contribution in [2.45, 2.75) is 84.2 Å². The lowest BCUT2D eigenvalue weighted by Gasteiger charge is -2.50. The van der Waals surface area contributed by atoms with E-state index in [1.165, 1.54) is 31.9 Å². The van der Waals surface area contributed by atoms with E-state index >= 15 is 0 Å². The van der Waals surface area contributed by atoms with E-state index in [4.69, 9.17) is 18.9 Å². The van der Waals surface area contributed by atoms with Crippen LogP contribution in [0, 0.1) is 17.3 Å². The molecule has 0 heterocycles.